The van der Waals surface area contributed by atoms with Crippen molar-refractivity contribution in [2.75, 3.05) is 66.6 Å². The zero-order chi connectivity index (χ0) is 26.6. The average Bonchev–Trinajstić information content (AvgIpc) is 3.22. The van der Waals surface area contributed by atoms with Gasteiger partial charge in [-0.05, 0) is 61.2 Å². The highest BCUT2D eigenvalue weighted by Crippen LogP contribution is 2.34. The number of fused-ring (bicyclic) bond motifs is 2. The molecule has 39 heavy (non-hydrogen) atoms. The van der Waals surface area contributed by atoms with Crippen LogP contribution in [0, 0.1) is 0 Å². The highest BCUT2D eigenvalue weighted by molar-refractivity contribution is 5.99. The Kier molecular flexibility index (Phi) is 7.53. The molecule has 11 heteroatoms. The van der Waals surface area contributed by atoms with Gasteiger partial charge in [-0.15, -0.1) is 0 Å². The number of aromatic nitrogens is 3. The largest absolute Gasteiger partial charge is 0.396 e. The fraction of sp³-hybridized carbons (Fsp3) is 0.429. The molecule has 3 aromatic rings. The molecule has 6 rings (SSSR count). The number of morpholine rings is 2. The van der Waals surface area contributed by atoms with Crippen LogP contribution in [0.3, 0.4) is 0 Å². The van der Waals surface area contributed by atoms with E-state index in [1.54, 1.807) is 0 Å². The lowest BCUT2D eigenvalue weighted by Crippen LogP contribution is -2.47. The number of aliphatic hydroxyl groups excluding tert-OH is 1. The third-order valence-corrected chi connectivity index (χ3v) is 7.39. The smallest absolute Gasteiger partial charge is 0.323 e. The molecule has 0 spiro atoms. The summed E-state index contributed by atoms with van der Waals surface area (Å²) in [6, 6.07) is 15.2. The number of urea groups is 1. The minimum atomic E-state index is -0.336. The van der Waals surface area contributed by atoms with E-state index in [4.69, 9.17) is 29.5 Å². The monoisotopic (exact) mass is 531 g/mol. The van der Waals surface area contributed by atoms with Gasteiger partial charge in [0.25, 0.3) is 0 Å². The Balaban J connectivity index is 1.20. The molecule has 2 amide bonds. The molecule has 2 aromatic carbocycles. The van der Waals surface area contributed by atoms with E-state index in [-0.39, 0.29) is 24.7 Å². The highest BCUT2D eigenvalue weighted by atomic mass is 16.5. The average molecular weight is 532 g/mol. The van der Waals surface area contributed by atoms with Crippen LogP contribution < -0.4 is 20.4 Å². The van der Waals surface area contributed by atoms with Crippen molar-refractivity contribution in [3.8, 4) is 11.4 Å². The lowest BCUT2D eigenvalue weighted by Gasteiger charge is -2.35. The fourth-order valence-electron chi connectivity index (χ4n) is 5.34. The third-order valence-electron chi connectivity index (χ3n) is 7.39. The van der Waals surface area contributed by atoms with Crippen molar-refractivity contribution in [2.24, 2.45) is 0 Å². The first-order valence-corrected chi connectivity index (χ1v) is 13.5. The van der Waals surface area contributed by atoms with Crippen LogP contribution in [0.25, 0.3) is 11.4 Å². The lowest BCUT2D eigenvalue weighted by molar-refractivity contribution is 0.0897. The van der Waals surface area contributed by atoms with Crippen molar-refractivity contribution in [2.45, 2.75) is 31.3 Å². The molecular weight excluding hydrogens is 498 g/mol. The van der Waals surface area contributed by atoms with E-state index in [0.29, 0.717) is 61.9 Å². The zero-order valence-corrected chi connectivity index (χ0v) is 21.8. The Morgan fingerprint density at radius 2 is 1.46 bits per heavy atom. The number of hydrogen-bond donors (Lipinski definition) is 3. The van der Waals surface area contributed by atoms with E-state index < -0.39 is 0 Å². The summed E-state index contributed by atoms with van der Waals surface area (Å²) in [5.41, 5.74) is 3.19. The molecule has 11 nitrogen and oxygen atoms in total. The van der Waals surface area contributed by atoms with Gasteiger partial charge in [0.1, 0.15) is 0 Å². The highest BCUT2D eigenvalue weighted by Gasteiger charge is 2.39. The quantitative estimate of drug-likeness (QED) is 0.422. The second-order valence-electron chi connectivity index (χ2n) is 10.0. The van der Waals surface area contributed by atoms with Crippen LogP contribution in [-0.2, 0) is 15.9 Å². The topological polar surface area (TPSA) is 125 Å². The molecule has 1 aromatic heterocycles. The molecule has 3 N–H and O–H groups in total. The summed E-state index contributed by atoms with van der Waals surface area (Å²) in [7, 11) is 0. The van der Waals surface area contributed by atoms with Crippen molar-refractivity contribution < 1.29 is 19.4 Å². The summed E-state index contributed by atoms with van der Waals surface area (Å²) in [6.45, 7) is 4.25. The molecule has 0 radical (unpaired) electrons. The van der Waals surface area contributed by atoms with Gasteiger partial charge in [-0.1, -0.05) is 12.1 Å². The number of carbonyl (C=O) groups is 1. The van der Waals surface area contributed by atoms with E-state index in [1.807, 2.05) is 48.5 Å². The summed E-state index contributed by atoms with van der Waals surface area (Å²) < 4.78 is 11.3. The van der Waals surface area contributed by atoms with Gasteiger partial charge in [-0.25, -0.2) is 4.79 Å². The van der Waals surface area contributed by atoms with Crippen LogP contribution in [0.4, 0.5) is 28.1 Å². The number of aliphatic hydroxyl groups is 1. The summed E-state index contributed by atoms with van der Waals surface area (Å²) in [5, 5.41) is 14.8. The summed E-state index contributed by atoms with van der Waals surface area (Å²) in [5.74, 6) is 1.96. The van der Waals surface area contributed by atoms with E-state index in [2.05, 4.69) is 20.4 Å². The Morgan fingerprint density at radius 1 is 0.846 bits per heavy atom. The first-order valence-electron chi connectivity index (χ1n) is 13.5. The third kappa shape index (κ3) is 5.80. The molecule has 3 aliphatic heterocycles. The number of carbonyl (C=O) groups excluding carboxylic acids is 1. The Morgan fingerprint density at radius 3 is 2.10 bits per heavy atom. The Labute approximate surface area is 227 Å². The second-order valence-corrected chi connectivity index (χ2v) is 10.0. The maximum absolute atomic E-state index is 12.5. The number of anilines is 4. The lowest BCUT2D eigenvalue weighted by atomic mass is 10.1. The SMILES string of the molecule is O=C(Nc1ccc(CCO)cc1)Nc1ccc(-c2nc(N3CCOCC3)nc(N3C4CCC3COC4)n2)cc1. The number of nitrogens with zero attached hydrogens (tertiary/aromatic N) is 5. The first-order chi connectivity index (χ1) is 19.2. The van der Waals surface area contributed by atoms with Gasteiger partial charge in [-0.3, -0.25) is 0 Å². The van der Waals surface area contributed by atoms with Crippen LogP contribution in [0.5, 0.6) is 0 Å². The maximum Gasteiger partial charge on any atom is 0.323 e. The predicted molar refractivity (Wildman–Crippen MR) is 148 cm³/mol. The van der Waals surface area contributed by atoms with Crippen molar-refractivity contribution >= 4 is 29.3 Å². The summed E-state index contributed by atoms with van der Waals surface area (Å²) in [6.07, 6.45) is 2.74. The van der Waals surface area contributed by atoms with Gasteiger partial charge in [0.05, 0.1) is 38.5 Å². The van der Waals surface area contributed by atoms with Crippen LogP contribution in [-0.4, -0.2) is 84.3 Å². The molecule has 2 unspecified atom stereocenters. The number of hydrogen-bond acceptors (Lipinski definition) is 9. The maximum atomic E-state index is 12.5. The minimum absolute atomic E-state index is 0.0951. The number of rotatable bonds is 7. The van der Waals surface area contributed by atoms with Crippen molar-refractivity contribution in [1.82, 2.24) is 15.0 Å². The van der Waals surface area contributed by atoms with E-state index >= 15 is 0 Å². The number of nitrogens with one attached hydrogen (secondary N) is 2. The second kappa shape index (κ2) is 11.5. The molecule has 3 fully saturated rings. The Bertz CT molecular complexity index is 1270. The molecule has 3 aliphatic rings. The van der Waals surface area contributed by atoms with Gasteiger partial charge in [0, 0.05) is 36.6 Å². The summed E-state index contributed by atoms with van der Waals surface area (Å²) >= 11 is 0. The minimum Gasteiger partial charge on any atom is -0.396 e. The predicted octanol–water partition coefficient (Wildman–Crippen LogP) is 2.92. The first kappa shape index (κ1) is 25.5. The molecule has 3 saturated heterocycles. The van der Waals surface area contributed by atoms with Crippen molar-refractivity contribution in [3.05, 3.63) is 54.1 Å². The number of amides is 2. The number of benzene rings is 2. The normalized spacial score (nSPS) is 20.6. The van der Waals surface area contributed by atoms with Gasteiger partial charge in [0.2, 0.25) is 11.9 Å². The van der Waals surface area contributed by atoms with Crippen LogP contribution >= 0.6 is 0 Å². The molecule has 204 valence electrons. The van der Waals surface area contributed by atoms with Crippen LogP contribution in [0.2, 0.25) is 0 Å². The number of ether oxygens (including phenoxy) is 2. The van der Waals surface area contributed by atoms with Gasteiger partial charge >= 0.3 is 6.03 Å². The van der Waals surface area contributed by atoms with Gasteiger partial charge in [-0.2, -0.15) is 15.0 Å². The molecular formula is C28H33N7O4. The molecule has 4 heterocycles. The van der Waals surface area contributed by atoms with Crippen molar-refractivity contribution in [3.63, 3.8) is 0 Å². The zero-order valence-electron chi connectivity index (χ0n) is 21.8. The molecule has 0 aliphatic carbocycles. The van der Waals surface area contributed by atoms with Crippen molar-refractivity contribution in [1.29, 1.82) is 0 Å². The molecule has 0 saturated carbocycles. The fourth-order valence-corrected chi connectivity index (χ4v) is 5.34. The summed E-state index contributed by atoms with van der Waals surface area (Å²) in [4.78, 5) is 31.6. The van der Waals surface area contributed by atoms with Crippen LogP contribution in [0.15, 0.2) is 48.5 Å². The van der Waals surface area contributed by atoms with Gasteiger partial charge in [0.15, 0.2) is 5.82 Å². The Hall–Kier alpha value is -3.80. The van der Waals surface area contributed by atoms with E-state index in [0.717, 1.165) is 37.1 Å². The van der Waals surface area contributed by atoms with Gasteiger partial charge < -0.3 is 35.0 Å². The van der Waals surface area contributed by atoms with E-state index in [9.17, 15) is 4.79 Å². The van der Waals surface area contributed by atoms with Crippen LogP contribution in [0.1, 0.15) is 18.4 Å². The van der Waals surface area contributed by atoms with E-state index in [1.165, 1.54) is 0 Å². The molecule has 2 atom stereocenters. The molecule has 2 bridgehead atoms. The standard InChI is InChI=1S/C28H33N7O4/c36-14-11-19-1-5-21(6-2-19)29-28(37)30-22-7-3-20(4-8-22)25-31-26(34-12-15-38-16-13-34)33-27(32-25)35-23-9-10-24(35)18-39-17-23/h1-8,23-24,36H,9-18H2,(H2,29,30,37).